The molecular formula is C13H15N3OS. The molecule has 1 aromatic heterocycles. The second kappa shape index (κ2) is 4.78. The van der Waals surface area contributed by atoms with Gasteiger partial charge >= 0.3 is 0 Å². The Balaban J connectivity index is 2.43. The molecule has 1 aromatic carbocycles. The lowest BCUT2D eigenvalue weighted by Crippen LogP contribution is -2.11. The van der Waals surface area contributed by atoms with E-state index in [0.717, 1.165) is 17.0 Å². The molecule has 0 fully saturated rings. The predicted octanol–water partition coefficient (Wildman–Crippen LogP) is 2.46. The standard InChI is InChI=1S/C13H15N3OS/c1-8-5-4-6-10(7-8)17-13-11(12(14)18)9(2)15-16(13)3/h4-7H,1-3H3,(H2,14,18). The first-order valence-electron chi connectivity index (χ1n) is 5.57. The van der Waals surface area contributed by atoms with Gasteiger partial charge in [-0.05, 0) is 31.5 Å². The lowest BCUT2D eigenvalue weighted by molar-refractivity contribution is 0.429. The van der Waals surface area contributed by atoms with E-state index in [-0.39, 0.29) is 0 Å². The maximum absolute atomic E-state index is 5.84. The maximum atomic E-state index is 5.84. The van der Waals surface area contributed by atoms with Gasteiger partial charge in [-0.2, -0.15) is 5.10 Å². The van der Waals surface area contributed by atoms with Gasteiger partial charge in [0.2, 0.25) is 5.88 Å². The molecule has 2 rings (SSSR count). The highest BCUT2D eigenvalue weighted by Gasteiger charge is 2.17. The molecule has 0 spiro atoms. The van der Waals surface area contributed by atoms with Crippen molar-refractivity contribution in [3.8, 4) is 11.6 Å². The first-order valence-corrected chi connectivity index (χ1v) is 5.98. The smallest absolute Gasteiger partial charge is 0.228 e. The monoisotopic (exact) mass is 261 g/mol. The molecule has 18 heavy (non-hydrogen) atoms. The minimum atomic E-state index is 0.295. The minimum absolute atomic E-state index is 0.295. The Kier molecular flexibility index (Phi) is 3.34. The molecule has 0 aliphatic rings. The van der Waals surface area contributed by atoms with Crippen LogP contribution >= 0.6 is 12.2 Å². The van der Waals surface area contributed by atoms with Gasteiger partial charge in [0.05, 0.1) is 11.3 Å². The van der Waals surface area contributed by atoms with Gasteiger partial charge < -0.3 is 10.5 Å². The van der Waals surface area contributed by atoms with Crippen molar-refractivity contribution in [3.05, 3.63) is 41.1 Å². The van der Waals surface area contributed by atoms with Crippen LogP contribution in [0.2, 0.25) is 0 Å². The quantitative estimate of drug-likeness (QED) is 0.862. The average Bonchev–Trinajstić information content (AvgIpc) is 2.53. The van der Waals surface area contributed by atoms with Gasteiger partial charge in [-0.1, -0.05) is 24.4 Å². The van der Waals surface area contributed by atoms with Crippen LogP contribution < -0.4 is 10.5 Å². The highest BCUT2D eigenvalue weighted by Crippen LogP contribution is 2.27. The molecule has 0 atom stereocenters. The lowest BCUT2D eigenvalue weighted by atomic mass is 10.2. The third kappa shape index (κ3) is 2.36. The molecule has 0 radical (unpaired) electrons. The van der Waals surface area contributed by atoms with Crippen LogP contribution in [0.15, 0.2) is 24.3 Å². The second-order valence-corrected chi connectivity index (χ2v) is 4.61. The molecule has 0 aliphatic heterocycles. The number of aryl methyl sites for hydroxylation is 3. The van der Waals surface area contributed by atoms with Crippen LogP contribution in [0.25, 0.3) is 0 Å². The summed E-state index contributed by atoms with van der Waals surface area (Å²) in [6.07, 6.45) is 0. The van der Waals surface area contributed by atoms with Crippen molar-refractivity contribution >= 4 is 17.2 Å². The van der Waals surface area contributed by atoms with Crippen LogP contribution in [0.3, 0.4) is 0 Å². The summed E-state index contributed by atoms with van der Waals surface area (Å²) in [5.74, 6) is 1.32. The summed E-state index contributed by atoms with van der Waals surface area (Å²) in [5, 5.41) is 4.28. The zero-order chi connectivity index (χ0) is 13.3. The highest BCUT2D eigenvalue weighted by molar-refractivity contribution is 7.80. The fourth-order valence-corrected chi connectivity index (χ4v) is 2.06. The minimum Gasteiger partial charge on any atom is -0.439 e. The summed E-state index contributed by atoms with van der Waals surface area (Å²) in [6.45, 7) is 3.87. The number of benzene rings is 1. The second-order valence-electron chi connectivity index (χ2n) is 4.17. The van der Waals surface area contributed by atoms with Crippen molar-refractivity contribution in [1.82, 2.24) is 9.78 Å². The topological polar surface area (TPSA) is 53.1 Å². The van der Waals surface area contributed by atoms with Crippen molar-refractivity contribution in [2.75, 3.05) is 0 Å². The highest BCUT2D eigenvalue weighted by atomic mass is 32.1. The molecule has 5 heteroatoms. The number of hydrogen-bond donors (Lipinski definition) is 1. The number of nitrogens with two attached hydrogens (primary N) is 1. The van der Waals surface area contributed by atoms with E-state index < -0.39 is 0 Å². The van der Waals surface area contributed by atoms with Crippen molar-refractivity contribution in [2.24, 2.45) is 12.8 Å². The Morgan fingerprint density at radius 1 is 1.39 bits per heavy atom. The molecule has 1 heterocycles. The van der Waals surface area contributed by atoms with Gasteiger partial charge in [0, 0.05) is 7.05 Å². The Hall–Kier alpha value is -1.88. The van der Waals surface area contributed by atoms with E-state index >= 15 is 0 Å². The summed E-state index contributed by atoms with van der Waals surface area (Å²) < 4.78 is 7.48. The van der Waals surface area contributed by atoms with Crippen molar-refractivity contribution in [1.29, 1.82) is 0 Å². The Labute approximate surface area is 111 Å². The van der Waals surface area contributed by atoms with Crippen LogP contribution in [-0.4, -0.2) is 14.8 Å². The molecule has 0 amide bonds. The van der Waals surface area contributed by atoms with Crippen LogP contribution in [0.5, 0.6) is 11.6 Å². The fraction of sp³-hybridized carbons (Fsp3) is 0.231. The predicted molar refractivity (Wildman–Crippen MR) is 75.1 cm³/mol. The summed E-state index contributed by atoms with van der Waals surface area (Å²) in [5.41, 5.74) is 8.30. The summed E-state index contributed by atoms with van der Waals surface area (Å²) >= 11 is 5.04. The Bertz CT molecular complexity index is 604. The van der Waals surface area contributed by atoms with E-state index in [1.165, 1.54) is 0 Å². The third-order valence-corrected chi connectivity index (χ3v) is 2.82. The molecule has 0 saturated heterocycles. The lowest BCUT2D eigenvalue weighted by Gasteiger charge is -2.08. The molecule has 2 aromatic rings. The van der Waals surface area contributed by atoms with Gasteiger partial charge in [-0.25, -0.2) is 4.68 Å². The zero-order valence-corrected chi connectivity index (χ0v) is 11.4. The van der Waals surface area contributed by atoms with Crippen LogP contribution in [-0.2, 0) is 7.05 Å². The normalized spacial score (nSPS) is 10.4. The SMILES string of the molecule is Cc1cccc(Oc2c(C(N)=S)c(C)nn2C)c1. The van der Waals surface area contributed by atoms with Gasteiger partial charge in [0.25, 0.3) is 0 Å². The van der Waals surface area contributed by atoms with Crippen LogP contribution in [0, 0.1) is 13.8 Å². The van der Waals surface area contributed by atoms with Crippen LogP contribution in [0.1, 0.15) is 16.8 Å². The number of hydrogen-bond acceptors (Lipinski definition) is 3. The van der Waals surface area contributed by atoms with Gasteiger partial charge in [-0.15, -0.1) is 0 Å². The summed E-state index contributed by atoms with van der Waals surface area (Å²) in [6, 6.07) is 7.79. The molecule has 0 unspecified atom stereocenters. The van der Waals surface area contributed by atoms with E-state index in [1.54, 1.807) is 11.7 Å². The summed E-state index contributed by atoms with van der Waals surface area (Å²) in [7, 11) is 1.81. The van der Waals surface area contributed by atoms with Gasteiger partial charge in [0.15, 0.2) is 0 Å². The number of thiocarbonyl (C=S) groups is 1. The average molecular weight is 261 g/mol. The van der Waals surface area contributed by atoms with Crippen molar-refractivity contribution in [2.45, 2.75) is 13.8 Å². The maximum Gasteiger partial charge on any atom is 0.228 e. The fourth-order valence-electron chi connectivity index (χ4n) is 1.83. The van der Waals surface area contributed by atoms with Crippen molar-refractivity contribution in [3.63, 3.8) is 0 Å². The molecule has 0 saturated carbocycles. The number of aromatic nitrogens is 2. The molecule has 0 aliphatic carbocycles. The number of rotatable bonds is 3. The summed E-state index contributed by atoms with van der Waals surface area (Å²) in [4.78, 5) is 0.295. The zero-order valence-electron chi connectivity index (χ0n) is 10.6. The molecule has 2 N–H and O–H groups in total. The molecule has 94 valence electrons. The number of nitrogens with zero attached hydrogens (tertiary/aromatic N) is 2. The first kappa shape index (κ1) is 12.6. The van der Waals surface area contributed by atoms with Gasteiger partial charge in [0.1, 0.15) is 10.7 Å². The van der Waals surface area contributed by atoms with Crippen molar-refractivity contribution < 1.29 is 4.74 Å². The van der Waals surface area contributed by atoms with Crippen LogP contribution in [0.4, 0.5) is 0 Å². The van der Waals surface area contributed by atoms with E-state index in [4.69, 9.17) is 22.7 Å². The van der Waals surface area contributed by atoms with E-state index in [0.29, 0.717) is 16.4 Å². The van der Waals surface area contributed by atoms with E-state index in [1.807, 2.05) is 38.1 Å². The molecule has 0 bridgehead atoms. The first-order chi connectivity index (χ1) is 8.49. The van der Waals surface area contributed by atoms with E-state index in [2.05, 4.69) is 5.10 Å². The Morgan fingerprint density at radius 3 is 2.72 bits per heavy atom. The largest absolute Gasteiger partial charge is 0.439 e. The van der Waals surface area contributed by atoms with Gasteiger partial charge in [-0.3, -0.25) is 0 Å². The molecule has 4 nitrogen and oxygen atoms in total. The number of ether oxygens (including phenoxy) is 1. The molecular weight excluding hydrogens is 246 g/mol. The van der Waals surface area contributed by atoms with E-state index in [9.17, 15) is 0 Å². The third-order valence-electron chi connectivity index (χ3n) is 2.62. The Morgan fingerprint density at radius 2 is 2.11 bits per heavy atom.